The quantitative estimate of drug-likeness (QED) is 0.712. The van der Waals surface area contributed by atoms with Crippen LogP contribution in [0.2, 0.25) is 0 Å². The third-order valence-electron chi connectivity index (χ3n) is 5.74. The van der Waals surface area contributed by atoms with Gasteiger partial charge in [0.1, 0.15) is 0 Å². The van der Waals surface area contributed by atoms with Crippen molar-refractivity contribution in [1.29, 1.82) is 0 Å². The summed E-state index contributed by atoms with van der Waals surface area (Å²) >= 11 is 0. The van der Waals surface area contributed by atoms with Gasteiger partial charge in [-0.3, -0.25) is 4.79 Å². The first-order valence-electron chi connectivity index (χ1n) is 10.8. The standard InChI is InChI=1S/C24H25F3N4O3/c1-15-6-7-18(28-22(32)16-4-3-5-17(12-16)24(25,26)27)13-19(15)20-14-30(2)23(33)21(29-20)31-8-10-34-11-9-31/h3-7,12-14,23,33H,8-11H2,1-2H3,(H,28,32). The van der Waals surface area contributed by atoms with Crippen molar-refractivity contribution in [3.63, 3.8) is 0 Å². The van der Waals surface area contributed by atoms with Gasteiger partial charge in [0, 0.05) is 43.2 Å². The van der Waals surface area contributed by atoms with Crippen molar-refractivity contribution >= 4 is 23.1 Å². The number of ether oxygens (including phenoxy) is 1. The van der Waals surface area contributed by atoms with Gasteiger partial charge < -0.3 is 25.0 Å². The number of benzene rings is 2. The Labute approximate surface area is 195 Å². The highest BCUT2D eigenvalue weighted by Crippen LogP contribution is 2.31. The van der Waals surface area contributed by atoms with Crippen LogP contribution in [-0.4, -0.2) is 66.2 Å². The molecule has 34 heavy (non-hydrogen) atoms. The van der Waals surface area contributed by atoms with Crippen molar-refractivity contribution in [2.24, 2.45) is 4.99 Å². The van der Waals surface area contributed by atoms with E-state index in [9.17, 15) is 23.1 Å². The number of aliphatic hydroxyl groups is 1. The molecule has 2 aromatic rings. The Balaban J connectivity index is 1.60. The van der Waals surface area contributed by atoms with Gasteiger partial charge in [-0.15, -0.1) is 0 Å². The number of carbonyl (C=O) groups is 1. The van der Waals surface area contributed by atoms with Crippen LogP contribution in [0.3, 0.4) is 0 Å². The molecule has 2 aliphatic rings. The Bertz CT molecular complexity index is 1140. The van der Waals surface area contributed by atoms with Crippen LogP contribution in [0.4, 0.5) is 18.9 Å². The lowest BCUT2D eigenvalue weighted by Crippen LogP contribution is -2.51. The molecule has 7 nitrogen and oxygen atoms in total. The summed E-state index contributed by atoms with van der Waals surface area (Å²) in [6, 6.07) is 9.48. The van der Waals surface area contributed by atoms with Gasteiger partial charge in [0.15, 0.2) is 12.1 Å². The molecule has 1 saturated heterocycles. The number of aryl methyl sites for hydroxylation is 1. The Morgan fingerprint density at radius 1 is 1.18 bits per heavy atom. The molecular weight excluding hydrogens is 449 g/mol. The summed E-state index contributed by atoms with van der Waals surface area (Å²) in [7, 11) is 1.74. The molecule has 4 rings (SSSR count). The number of nitrogens with zero attached hydrogens (tertiary/aromatic N) is 3. The second-order valence-electron chi connectivity index (χ2n) is 8.19. The number of morpholine rings is 1. The summed E-state index contributed by atoms with van der Waals surface area (Å²) in [6.07, 6.45) is -3.71. The molecule has 0 spiro atoms. The van der Waals surface area contributed by atoms with Gasteiger partial charge in [-0.05, 0) is 42.8 Å². The largest absolute Gasteiger partial charge is 0.416 e. The first-order valence-corrected chi connectivity index (χ1v) is 10.8. The van der Waals surface area contributed by atoms with Crippen LogP contribution in [0.5, 0.6) is 0 Å². The SMILES string of the molecule is Cc1ccc(NC(=O)c2cccc(C(F)(F)F)c2)cc1C1=CN(C)C(O)C(N2CCOCC2)=N1. The Morgan fingerprint density at radius 3 is 2.62 bits per heavy atom. The molecule has 0 aromatic heterocycles. The summed E-state index contributed by atoms with van der Waals surface area (Å²) in [5.41, 5.74) is 1.65. The fourth-order valence-corrected chi connectivity index (χ4v) is 3.83. The van der Waals surface area contributed by atoms with Crippen LogP contribution in [-0.2, 0) is 10.9 Å². The van der Waals surface area contributed by atoms with Crippen LogP contribution >= 0.6 is 0 Å². The molecule has 0 bridgehead atoms. The Kier molecular flexibility index (Phi) is 6.63. The zero-order valence-electron chi connectivity index (χ0n) is 18.8. The number of aliphatic imine (C=N–C) groups is 1. The van der Waals surface area contributed by atoms with Gasteiger partial charge in [-0.2, -0.15) is 13.2 Å². The van der Waals surface area contributed by atoms with Crippen LogP contribution in [0.15, 0.2) is 53.7 Å². The van der Waals surface area contributed by atoms with Crippen molar-refractivity contribution < 1.29 is 27.8 Å². The van der Waals surface area contributed by atoms with Crippen LogP contribution < -0.4 is 5.32 Å². The maximum atomic E-state index is 13.0. The summed E-state index contributed by atoms with van der Waals surface area (Å²) in [5, 5.41) is 13.3. The van der Waals surface area contributed by atoms with Gasteiger partial charge >= 0.3 is 6.18 Å². The monoisotopic (exact) mass is 474 g/mol. The van der Waals surface area contributed by atoms with E-state index >= 15 is 0 Å². The number of aliphatic hydroxyl groups excluding tert-OH is 1. The highest BCUT2D eigenvalue weighted by Gasteiger charge is 2.31. The second kappa shape index (κ2) is 9.47. The topological polar surface area (TPSA) is 77.4 Å². The summed E-state index contributed by atoms with van der Waals surface area (Å²) < 4.78 is 44.4. The molecule has 1 atom stereocenters. The van der Waals surface area contributed by atoms with Crippen molar-refractivity contribution in [3.05, 3.63) is 70.9 Å². The molecule has 2 heterocycles. The van der Waals surface area contributed by atoms with Crippen LogP contribution in [0.25, 0.3) is 5.70 Å². The molecule has 0 aliphatic carbocycles. The zero-order valence-corrected chi connectivity index (χ0v) is 18.8. The molecule has 1 unspecified atom stereocenters. The van der Waals surface area contributed by atoms with E-state index in [4.69, 9.17) is 9.73 Å². The molecule has 0 radical (unpaired) electrons. The molecule has 180 valence electrons. The third-order valence-corrected chi connectivity index (χ3v) is 5.74. The fraction of sp³-hybridized carbons (Fsp3) is 0.333. The number of carbonyl (C=O) groups excluding carboxylic acids is 1. The van der Waals surface area contributed by atoms with Crippen LogP contribution in [0.1, 0.15) is 27.0 Å². The maximum Gasteiger partial charge on any atom is 0.416 e. The minimum atomic E-state index is -4.53. The van der Waals surface area contributed by atoms with E-state index in [1.165, 1.54) is 12.1 Å². The minimum absolute atomic E-state index is 0.0932. The van der Waals surface area contributed by atoms with E-state index in [0.717, 1.165) is 23.3 Å². The lowest BCUT2D eigenvalue weighted by atomic mass is 10.0. The highest BCUT2D eigenvalue weighted by molar-refractivity contribution is 6.04. The number of hydrogen-bond acceptors (Lipinski definition) is 6. The number of halogens is 3. The van der Waals surface area contributed by atoms with E-state index < -0.39 is 23.9 Å². The second-order valence-corrected chi connectivity index (χ2v) is 8.19. The maximum absolute atomic E-state index is 13.0. The number of rotatable bonds is 3. The molecule has 2 N–H and O–H groups in total. The fourth-order valence-electron chi connectivity index (χ4n) is 3.83. The predicted molar refractivity (Wildman–Crippen MR) is 122 cm³/mol. The van der Waals surface area contributed by atoms with Crippen LogP contribution in [0, 0.1) is 6.92 Å². The molecule has 1 fully saturated rings. The first kappa shape index (κ1) is 23.8. The average molecular weight is 474 g/mol. The number of alkyl halides is 3. The number of likely N-dealkylation sites (N-methyl/N-ethyl adjacent to an activating group) is 1. The lowest BCUT2D eigenvalue weighted by Gasteiger charge is -2.37. The molecule has 10 heteroatoms. The molecular formula is C24H25F3N4O3. The van der Waals surface area contributed by atoms with Gasteiger partial charge in [-0.25, -0.2) is 4.99 Å². The Hall–Kier alpha value is -3.37. The zero-order chi connectivity index (χ0) is 24.5. The normalized spacial score (nSPS) is 18.9. The van der Waals surface area contributed by atoms with Gasteiger partial charge in [0.2, 0.25) is 0 Å². The number of nitrogens with one attached hydrogen (secondary N) is 1. The molecule has 2 aromatic carbocycles. The molecule has 2 aliphatic heterocycles. The number of anilines is 1. The van der Waals surface area contributed by atoms with E-state index in [0.29, 0.717) is 43.5 Å². The van der Waals surface area contributed by atoms with E-state index in [-0.39, 0.29) is 5.56 Å². The van der Waals surface area contributed by atoms with E-state index in [1.54, 1.807) is 36.3 Å². The Morgan fingerprint density at radius 2 is 1.91 bits per heavy atom. The van der Waals surface area contributed by atoms with Gasteiger partial charge in [0.05, 0.1) is 24.5 Å². The van der Waals surface area contributed by atoms with E-state index in [2.05, 4.69) is 5.32 Å². The van der Waals surface area contributed by atoms with Gasteiger partial charge in [-0.1, -0.05) is 12.1 Å². The third kappa shape index (κ3) is 5.07. The van der Waals surface area contributed by atoms with Crippen molar-refractivity contribution in [2.75, 3.05) is 38.7 Å². The summed E-state index contributed by atoms with van der Waals surface area (Å²) in [4.78, 5) is 21.0. The lowest BCUT2D eigenvalue weighted by molar-refractivity contribution is -0.137. The summed E-state index contributed by atoms with van der Waals surface area (Å²) in [6.45, 7) is 4.21. The number of amidine groups is 1. The smallest absolute Gasteiger partial charge is 0.378 e. The predicted octanol–water partition coefficient (Wildman–Crippen LogP) is 3.56. The van der Waals surface area contributed by atoms with E-state index in [1.807, 2.05) is 11.8 Å². The first-order chi connectivity index (χ1) is 16.1. The van der Waals surface area contributed by atoms with Crippen molar-refractivity contribution in [2.45, 2.75) is 19.3 Å². The van der Waals surface area contributed by atoms with Gasteiger partial charge in [0.25, 0.3) is 5.91 Å². The van der Waals surface area contributed by atoms with Crippen molar-refractivity contribution in [3.8, 4) is 0 Å². The minimum Gasteiger partial charge on any atom is -0.378 e. The number of hydrogen-bond donors (Lipinski definition) is 2. The van der Waals surface area contributed by atoms with Crippen molar-refractivity contribution in [1.82, 2.24) is 9.80 Å². The average Bonchev–Trinajstić information content (AvgIpc) is 2.82. The highest BCUT2D eigenvalue weighted by atomic mass is 19.4. The molecule has 0 saturated carbocycles. The molecule has 1 amide bonds. The summed E-state index contributed by atoms with van der Waals surface area (Å²) in [5.74, 6) is -0.135. The number of amides is 1.